The van der Waals surface area contributed by atoms with Gasteiger partial charge in [0, 0.05) is 17.0 Å². The average Bonchev–Trinajstić information content (AvgIpc) is 2.86. The molecule has 0 bridgehead atoms. The first-order valence-corrected chi connectivity index (χ1v) is 14.6. The maximum absolute atomic E-state index is 7.10. The van der Waals surface area contributed by atoms with Crippen LogP contribution in [0.2, 0.25) is 0 Å². The van der Waals surface area contributed by atoms with E-state index in [4.69, 9.17) is 4.74 Å². The van der Waals surface area contributed by atoms with Gasteiger partial charge in [-0.1, -0.05) is 84.9 Å². The molecule has 0 aliphatic carbocycles. The van der Waals surface area contributed by atoms with Crippen molar-refractivity contribution in [3.05, 3.63) is 77.0 Å². The Morgan fingerprint density at radius 3 is 2.31 bits per heavy atom. The zero-order valence-electron chi connectivity index (χ0n) is 25.1. The number of pyridine rings is 1. The molecular formula is C37H42NO+. The van der Waals surface area contributed by atoms with Crippen molar-refractivity contribution < 1.29 is 9.30 Å². The van der Waals surface area contributed by atoms with Gasteiger partial charge in [0.2, 0.25) is 5.69 Å². The van der Waals surface area contributed by atoms with Crippen LogP contribution < -0.4 is 9.30 Å². The summed E-state index contributed by atoms with van der Waals surface area (Å²) >= 11 is 0. The number of aromatic nitrogens is 1. The molecule has 2 heterocycles. The van der Waals surface area contributed by atoms with Gasteiger partial charge in [0.1, 0.15) is 18.5 Å². The van der Waals surface area contributed by atoms with Gasteiger partial charge in [-0.3, -0.25) is 0 Å². The Bertz CT molecular complexity index is 1780. The molecule has 0 fully saturated rings. The first-order valence-electron chi connectivity index (χ1n) is 14.6. The fraction of sp³-hybridized carbons (Fsp3) is 0.378. The van der Waals surface area contributed by atoms with E-state index in [1.807, 2.05) is 0 Å². The summed E-state index contributed by atoms with van der Waals surface area (Å²) in [5.41, 5.74) is 8.06. The molecule has 0 radical (unpaired) electrons. The van der Waals surface area contributed by atoms with E-state index in [1.54, 1.807) is 0 Å². The summed E-state index contributed by atoms with van der Waals surface area (Å²) in [5.74, 6) is 3.11. The molecule has 0 amide bonds. The van der Waals surface area contributed by atoms with E-state index < -0.39 is 0 Å². The molecule has 1 aromatic heterocycles. The number of ether oxygens (including phenoxy) is 1. The van der Waals surface area contributed by atoms with E-state index in [1.165, 1.54) is 65.8 Å². The Labute approximate surface area is 233 Å². The van der Waals surface area contributed by atoms with E-state index in [0.29, 0.717) is 11.8 Å². The minimum absolute atomic E-state index is 0.123. The topological polar surface area (TPSA) is 13.1 Å². The average molecular weight is 517 g/mol. The van der Waals surface area contributed by atoms with Gasteiger partial charge in [-0.05, 0) is 81.3 Å². The summed E-state index contributed by atoms with van der Waals surface area (Å²) in [7, 11) is 2.19. The van der Waals surface area contributed by atoms with Crippen LogP contribution in [0.3, 0.4) is 0 Å². The number of benzene rings is 4. The van der Waals surface area contributed by atoms with Gasteiger partial charge in [0.15, 0.2) is 6.20 Å². The van der Waals surface area contributed by atoms with Crippen LogP contribution >= 0.6 is 0 Å². The van der Waals surface area contributed by atoms with E-state index in [0.717, 1.165) is 24.3 Å². The van der Waals surface area contributed by atoms with Crippen molar-refractivity contribution in [3.63, 3.8) is 0 Å². The number of hydrogen-bond donors (Lipinski definition) is 0. The second-order valence-corrected chi connectivity index (χ2v) is 13.7. The molecule has 0 saturated carbocycles. The van der Waals surface area contributed by atoms with Crippen molar-refractivity contribution in [3.8, 4) is 22.8 Å². The molecule has 5 aromatic rings. The standard InChI is InChI=1S/C37H42NO/c1-21(2)17-25-11-10-12-26-28-15-16-38(9)35-33-23(5)29-18-24(22(3)4)13-14-27(29)31(20-37(6,7)8)36(33)39-32(34(28)35)19-30(25)26/h10-16,18-19,21-22H,17,20H2,1-9H3/q+1. The van der Waals surface area contributed by atoms with E-state index in [-0.39, 0.29) is 5.41 Å². The van der Waals surface area contributed by atoms with Gasteiger partial charge in [-0.2, -0.15) is 0 Å². The molecule has 0 saturated heterocycles. The van der Waals surface area contributed by atoms with Crippen molar-refractivity contribution >= 4 is 32.3 Å². The number of rotatable bonds is 4. The highest BCUT2D eigenvalue weighted by Gasteiger charge is 2.34. The minimum atomic E-state index is 0.123. The van der Waals surface area contributed by atoms with Crippen LogP contribution in [0, 0.1) is 18.3 Å². The fourth-order valence-corrected chi connectivity index (χ4v) is 6.63. The zero-order valence-corrected chi connectivity index (χ0v) is 25.1. The highest BCUT2D eigenvalue weighted by Crippen LogP contribution is 2.53. The maximum atomic E-state index is 7.10. The summed E-state index contributed by atoms with van der Waals surface area (Å²) in [5, 5.41) is 7.81. The predicted octanol–water partition coefficient (Wildman–Crippen LogP) is 9.96. The SMILES string of the molecule is Cc1c2c(c(CC(C)(C)C)c3ccc(C(C)C)cc13)Oc1cc3c(CC(C)C)cccc3c3cc[n+](C)c-2c13. The van der Waals surface area contributed by atoms with Crippen molar-refractivity contribution in [1.29, 1.82) is 0 Å². The quantitative estimate of drug-likeness (QED) is 0.168. The molecule has 0 unspecified atom stereocenters. The van der Waals surface area contributed by atoms with Gasteiger partial charge >= 0.3 is 0 Å². The van der Waals surface area contributed by atoms with Crippen LogP contribution in [-0.2, 0) is 19.9 Å². The molecule has 39 heavy (non-hydrogen) atoms. The van der Waals surface area contributed by atoms with Crippen molar-refractivity contribution in [1.82, 2.24) is 0 Å². The number of hydrogen-bond acceptors (Lipinski definition) is 1. The number of aryl methyl sites for hydroxylation is 2. The molecule has 2 nitrogen and oxygen atoms in total. The van der Waals surface area contributed by atoms with Crippen LogP contribution in [0.4, 0.5) is 0 Å². The van der Waals surface area contributed by atoms with Gasteiger partial charge in [0.25, 0.3) is 0 Å². The van der Waals surface area contributed by atoms with Crippen molar-refractivity contribution in [2.24, 2.45) is 18.4 Å². The monoisotopic (exact) mass is 516 g/mol. The summed E-state index contributed by atoms with van der Waals surface area (Å²) in [6.07, 6.45) is 4.25. The van der Waals surface area contributed by atoms with E-state index in [2.05, 4.69) is 122 Å². The molecule has 0 atom stereocenters. The predicted molar refractivity (Wildman–Crippen MR) is 166 cm³/mol. The molecule has 0 spiro atoms. The number of nitrogens with zero attached hydrogens (tertiary/aromatic N) is 1. The molecule has 1 aliphatic heterocycles. The Morgan fingerprint density at radius 1 is 0.846 bits per heavy atom. The summed E-state index contributed by atoms with van der Waals surface area (Å²) in [6.45, 7) is 18.4. The Balaban J connectivity index is 1.77. The fourth-order valence-electron chi connectivity index (χ4n) is 6.63. The Kier molecular flexibility index (Phi) is 6.02. The molecule has 0 N–H and O–H groups in total. The van der Waals surface area contributed by atoms with Crippen LogP contribution in [0.25, 0.3) is 43.6 Å². The molecule has 4 aromatic carbocycles. The third-order valence-corrected chi connectivity index (χ3v) is 8.43. The summed E-state index contributed by atoms with van der Waals surface area (Å²) in [4.78, 5) is 0. The lowest BCUT2D eigenvalue weighted by molar-refractivity contribution is -0.659. The highest BCUT2D eigenvalue weighted by molar-refractivity contribution is 6.16. The Morgan fingerprint density at radius 2 is 1.62 bits per heavy atom. The van der Waals surface area contributed by atoms with Gasteiger partial charge in [-0.25, -0.2) is 4.57 Å². The van der Waals surface area contributed by atoms with Crippen LogP contribution in [0.5, 0.6) is 11.5 Å². The first kappa shape index (κ1) is 25.9. The van der Waals surface area contributed by atoms with Crippen LogP contribution in [0.1, 0.15) is 76.6 Å². The third kappa shape index (κ3) is 4.20. The summed E-state index contributed by atoms with van der Waals surface area (Å²) in [6, 6.07) is 18.5. The molecule has 1 aliphatic rings. The second-order valence-electron chi connectivity index (χ2n) is 13.7. The maximum Gasteiger partial charge on any atom is 0.228 e. The first-order chi connectivity index (χ1) is 18.4. The highest BCUT2D eigenvalue weighted by atomic mass is 16.5. The van der Waals surface area contributed by atoms with Crippen molar-refractivity contribution in [2.45, 2.75) is 74.1 Å². The second kappa shape index (κ2) is 9.08. The van der Waals surface area contributed by atoms with Gasteiger partial charge in [-0.15, -0.1) is 0 Å². The smallest absolute Gasteiger partial charge is 0.228 e. The molecule has 2 heteroatoms. The lowest BCUT2D eigenvalue weighted by Crippen LogP contribution is -2.32. The lowest BCUT2D eigenvalue weighted by atomic mass is 9.81. The normalized spacial score (nSPS) is 13.1. The number of fused-ring (bicyclic) bond motifs is 5. The molecule has 200 valence electrons. The van der Waals surface area contributed by atoms with E-state index >= 15 is 0 Å². The largest absolute Gasteiger partial charge is 0.455 e. The minimum Gasteiger partial charge on any atom is -0.455 e. The summed E-state index contributed by atoms with van der Waals surface area (Å²) < 4.78 is 9.41. The third-order valence-electron chi connectivity index (χ3n) is 8.43. The lowest BCUT2D eigenvalue weighted by Gasteiger charge is -2.28. The van der Waals surface area contributed by atoms with E-state index in [9.17, 15) is 0 Å². The van der Waals surface area contributed by atoms with Crippen LogP contribution in [0.15, 0.2) is 54.7 Å². The van der Waals surface area contributed by atoms with Crippen molar-refractivity contribution in [2.75, 3.05) is 0 Å². The van der Waals surface area contributed by atoms with Gasteiger partial charge in [0.05, 0.1) is 10.9 Å². The van der Waals surface area contributed by atoms with Crippen LogP contribution in [-0.4, -0.2) is 0 Å². The zero-order chi connectivity index (χ0) is 27.8. The molecule has 6 rings (SSSR count). The Hall–Kier alpha value is -3.39. The van der Waals surface area contributed by atoms with Gasteiger partial charge < -0.3 is 4.74 Å². The molecular weight excluding hydrogens is 474 g/mol.